The zero-order valence-corrected chi connectivity index (χ0v) is 68.0. The van der Waals surface area contributed by atoms with Crippen molar-refractivity contribution < 1.29 is 137 Å². The van der Waals surface area contributed by atoms with Gasteiger partial charge in [-0.3, -0.25) is 95.9 Å². The van der Waals surface area contributed by atoms with Crippen LogP contribution in [0.4, 0.5) is 0 Å². The number of phenolic OH excluding ortho intramolecular Hbond substituents is 1. The maximum Gasteiger partial charge on any atom is 0.322 e. The number of nitrogens with zero attached hydrogens (tertiary/aromatic N) is 1. The van der Waals surface area contributed by atoms with Crippen LogP contribution >= 0.6 is 12.6 Å². The van der Waals surface area contributed by atoms with Crippen molar-refractivity contribution in [2.75, 3.05) is 25.4 Å². The first kappa shape index (κ1) is 104. The van der Waals surface area contributed by atoms with Gasteiger partial charge in [0.15, 0.2) is 0 Å². The Bertz CT molecular complexity index is 3930. The van der Waals surface area contributed by atoms with Gasteiger partial charge in [-0.25, -0.2) is 4.98 Å². The summed E-state index contributed by atoms with van der Waals surface area (Å²) in [5.41, 5.74) is 16.8. The second-order valence-corrected chi connectivity index (χ2v) is 29.5. The number of carbonyl (C=O) groups is 20. The third-order valence-corrected chi connectivity index (χ3v) is 17.7. The number of aromatic amines is 1. The number of hydrogen-bond donors (Lipinski definition) is 28. The number of phenols is 1. The molecule has 0 aliphatic carbocycles. The molecule has 48 nitrogen and oxygen atoms in total. The highest BCUT2D eigenvalue weighted by molar-refractivity contribution is 7.80. The average molecular weight is 1720 g/mol. The Labute approximate surface area is 692 Å². The van der Waals surface area contributed by atoms with Crippen LogP contribution in [-0.2, 0) is 109 Å². The number of aliphatic carboxylic acids is 3. The highest BCUT2D eigenvalue weighted by Crippen LogP contribution is 2.16. The predicted octanol–water partition coefficient (Wildman–Crippen LogP) is -11.2. The molecule has 17 atom stereocenters. The fourth-order valence-corrected chi connectivity index (χ4v) is 11.3. The number of benzene rings is 1. The summed E-state index contributed by atoms with van der Waals surface area (Å²) >= 11 is 4.15. The van der Waals surface area contributed by atoms with E-state index in [1.54, 1.807) is 27.7 Å². The maximum absolute atomic E-state index is 14.3. The van der Waals surface area contributed by atoms with Gasteiger partial charge in [0.1, 0.15) is 90.8 Å². The van der Waals surface area contributed by atoms with E-state index in [4.69, 9.17) is 27.4 Å². The number of aromatic nitrogens is 2. The van der Waals surface area contributed by atoms with Crippen molar-refractivity contribution in [3.63, 3.8) is 0 Å². The largest absolute Gasteiger partial charge is 0.508 e. The van der Waals surface area contributed by atoms with Gasteiger partial charge in [-0.15, -0.1) is 0 Å². The maximum atomic E-state index is 14.3. The minimum Gasteiger partial charge on any atom is -0.508 e. The molecule has 0 spiro atoms. The van der Waals surface area contributed by atoms with Crippen LogP contribution in [0.15, 0.2) is 36.8 Å². The van der Waals surface area contributed by atoms with E-state index in [0.29, 0.717) is 0 Å². The lowest BCUT2D eigenvalue weighted by Gasteiger charge is -2.29. The molecule has 0 saturated heterocycles. The zero-order valence-electron chi connectivity index (χ0n) is 67.1. The van der Waals surface area contributed by atoms with Crippen LogP contribution in [0.2, 0.25) is 0 Å². The number of carboxylic acids is 3. The van der Waals surface area contributed by atoms with Crippen molar-refractivity contribution in [3.8, 4) is 5.75 Å². The van der Waals surface area contributed by atoms with Gasteiger partial charge in [-0.1, -0.05) is 53.7 Å². The molecule has 0 fully saturated rings. The summed E-state index contributed by atoms with van der Waals surface area (Å²) in [5, 5.41) is 114. The summed E-state index contributed by atoms with van der Waals surface area (Å²) in [6.45, 7) is 9.44. The molecule has 0 aliphatic rings. The SMILES string of the molecule is CC(C)C[C@H](NC(=O)[C@H](CO)NC(=O)[C@H](CS)NC(=O)[C@H](Cc1ccc(O)cc1)NC(=O)[C@@H](NC(=O)CNC(=O)[C@@H](NC(=O)[C@H](Cc1cnc[nH]1)NC(=O)[C@H](CC(N)=O)NC(=O)[C@@H](NC(=O)[C@H](CCC(=O)O)NC(=O)[C@@H](NC(=O)[C@H](CC(C)C)NC(=O)[C@@H](N)CC(=O)O)C(C)C)[C@@H](C)O)[C@@H](C)O)[C@@H](C)O)C(=O)N[C@@H](CC(N)=O)C(=O)NCC(=O)O. The number of primary amides is 2. The van der Waals surface area contributed by atoms with Crippen molar-refractivity contribution in [1.29, 1.82) is 0 Å². The van der Waals surface area contributed by atoms with E-state index in [0.717, 1.165) is 27.1 Å². The smallest absolute Gasteiger partial charge is 0.322 e. The lowest BCUT2D eigenvalue weighted by molar-refractivity contribution is -0.140. The first-order valence-corrected chi connectivity index (χ1v) is 38.1. The molecule has 2 rings (SSSR count). The van der Waals surface area contributed by atoms with E-state index in [9.17, 15) is 127 Å². The number of H-pyrrole nitrogens is 1. The number of nitrogens with two attached hydrogens (primary N) is 3. The van der Waals surface area contributed by atoms with Crippen molar-refractivity contribution in [1.82, 2.24) is 89.7 Å². The van der Waals surface area contributed by atoms with Gasteiger partial charge >= 0.3 is 17.9 Å². The average Bonchev–Trinajstić information content (AvgIpc) is 1.03. The van der Waals surface area contributed by atoms with Crippen molar-refractivity contribution >= 4 is 131 Å². The fraction of sp³-hybridized carbons (Fsp3) is 0.592. The number of carbonyl (C=O) groups excluding carboxylic acids is 17. The summed E-state index contributed by atoms with van der Waals surface area (Å²) in [6.07, 6.45) is -8.57. The molecule has 2 aromatic rings. The van der Waals surface area contributed by atoms with E-state index >= 15 is 0 Å². The van der Waals surface area contributed by atoms with E-state index in [1.165, 1.54) is 44.3 Å². The van der Waals surface area contributed by atoms with Crippen LogP contribution in [0.1, 0.15) is 119 Å². The van der Waals surface area contributed by atoms with E-state index < -0.39 is 298 Å². The van der Waals surface area contributed by atoms with Crippen LogP contribution in [0.3, 0.4) is 0 Å². The first-order chi connectivity index (χ1) is 56.0. The number of thiol groups is 1. The molecule has 0 radical (unpaired) electrons. The lowest BCUT2D eigenvalue weighted by atomic mass is 9.99. The molecule has 668 valence electrons. The molecule has 17 amide bonds. The van der Waals surface area contributed by atoms with E-state index in [-0.39, 0.29) is 41.7 Å². The third kappa shape index (κ3) is 37.6. The standard InChI is InChI=1S/C71H110N20O28S/c1-29(2)16-40(61(109)83-44(21-48(73)97)59(107)77-25-53(104)105)81-66(114)46(26-92)86-67(115)47(27-120)87-62(110)42(18-35-10-12-37(96)13-11-35)84-70(118)56(33(8)94)88-50(99)24-76-68(116)55(32(7)93)90-65(113)43(19-36-23-75-28-78-36)82-63(111)45(22-49(74)98)85-71(119)57(34(9)95)91-60(108)39(14-15-51(100)101)79-69(117)54(31(5)6)89-64(112)41(17-30(3)4)80-58(106)38(72)20-52(102)103/h10-13,23,28-34,38-47,54-57,92-96,120H,14-22,24-27,72H2,1-9H3,(H2,73,97)(H2,74,98)(H,75,78)(H,76,116)(H,77,107)(H,79,117)(H,80,106)(H,81,114)(H,82,111)(H,83,109)(H,84,118)(H,85,119)(H,86,115)(H,87,110)(H,88,99)(H,89,112)(H,90,113)(H,91,108)(H,100,101)(H,102,103)(H,104,105)/t32-,33-,34-,38+,39+,40+,41+,42+,43+,44+,45+,46+,47+,54+,55+,56+,57+/m1/s1. The Kier molecular flexibility index (Phi) is 44.3. The molecule has 0 aliphatic heterocycles. The van der Waals surface area contributed by atoms with Gasteiger partial charge in [0.25, 0.3) is 0 Å². The molecular formula is C71H110N20O28S. The Morgan fingerprint density at radius 1 is 0.417 bits per heavy atom. The van der Waals surface area contributed by atoms with Gasteiger partial charge in [0, 0.05) is 36.9 Å². The van der Waals surface area contributed by atoms with Crippen LogP contribution in [0, 0.1) is 17.8 Å². The van der Waals surface area contributed by atoms with Crippen molar-refractivity contribution in [3.05, 3.63) is 48.0 Å². The van der Waals surface area contributed by atoms with Gasteiger partial charge < -0.3 is 143 Å². The Morgan fingerprint density at radius 3 is 1.27 bits per heavy atom. The topological polar surface area (TPSA) is 790 Å². The molecule has 1 heterocycles. The number of rotatable bonds is 54. The molecule has 0 bridgehead atoms. The molecule has 120 heavy (non-hydrogen) atoms. The predicted molar refractivity (Wildman–Crippen MR) is 417 cm³/mol. The number of imidazole rings is 1. The number of amides is 17. The van der Waals surface area contributed by atoms with Gasteiger partial charge in [-0.05, 0) is 75.5 Å². The Hall–Kier alpha value is -12.2. The minimum absolute atomic E-state index is 0.0385. The Morgan fingerprint density at radius 2 is 0.800 bits per heavy atom. The van der Waals surface area contributed by atoms with E-state index in [1.807, 2.05) is 5.32 Å². The summed E-state index contributed by atoms with van der Waals surface area (Å²) in [7, 11) is 0. The number of carboxylic acid groups (broad SMARTS) is 3. The monoisotopic (exact) mass is 1720 g/mol. The summed E-state index contributed by atoms with van der Waals surface area (Å²) < 4.78 is 0. The van der Waals surface area contributed by atoms with Gasteiger partial charge in [0.2, 0.25) is 100 Å². The molecule has 0 saturated carbocycles. The second kappa shape index (κ2) is 51.2. The van der Waals surface area contributed by atoms with Crippen LogP contribution in [0.5, 0.6) is 5.75 Å². The highest BCUT2D eigenvalue weighted by Gasteiger charge is 2.40. The first-order valence-electron chi connectivity index (χ1n) is 37.5. The zero-order chi connectivity index (χ0) is 91.3. The number of aliphatic hydroxyl groups is 4. The van der Waals surface area contributed by atoms with Crippen LogP contribution in [-0.4, -0.2) is 297 Å². The third-order valence-electron chi connectivity index (χ3n) is 17.3. The molecule has 1 aromatic carbocycles. The number of nitrogens with one attached hydrogen (secondary N) is 16. The Balaban J connectivity index is 2.40. The summed E-state index contributed by atoms with van der Waals surface area (Å²) in [4.78, 5) is 272. The van der Waals surface area contributed by atoms with Crippen LogP contribution < -0.4 is 97.0 Å². The molecule has 1 aromatic heterocycles. The van der Waals surface area contributed by atoms with Gasteiger partial charge in [-0.2, -0.15) is 12.6 Å². The number of aliphatic hydroxyl groups excluding tert-OH is 4. The number of aromatic hydroxyl groups is 1. The molecule has 49 heteroatoms. The quantitative estimate of drug-likeness (QED) is 0.0274. The summed E-state index contributed by atoms with van der Waals surface area (Å²) in [5.74, 6) is -26.9. The van der Waals surface area contributed by atoms with Crippen molar-refractivity contribution in [2.45, 2.75) is 223 Å². The highest BCUT2D eigenvalue weighted by atomic mass is 32.1. The van der Waals surface area contributed by atoms with Crippen molar-refractivity contribution in [2.24, 2.45) is 35.0 Å². The minimum atomic E-state index is -2.12. The normalized spacial score (nSPS) is 15.4. The second-order valence-electron chi connectivity index (χ2n) is 29.1. The number of hydrogen-bond acceptors (Lipinski definition) is 28. The molecule has 30 N–H and O–H groups in total. The molecule has 0 unspecified atom stereocenters. The van der Waals surface area contributed by atoms with Crippen LogP contribution in [0.25, 0.3) is 0 Å². The lowest BCUT2D eigenvalue weighted by Crippen LogP contribution is -2.63. The van der Waals surface area contributed by atoms with E-state index in [2.05, 4.69) is 97.0 Å². The van der Waals surface area contributed by atoms with Gasteiger partial charge in [0.05, 0.1) is 63.1 Å². The summed E-state index contributed by atoms with van der Waals surface area (Å²) in [6, 6.07) is -19.9. The molecular weight excluding hydrogens is 1610 g/mol. The fourth-order valence-electron chi connectivity index (χ4n) is 11.1.